The van der Waals surface area contributed by atoms with E-state index in [1.54, 1.807) is 29.1 Å². The Hall–Kier alpha value is -3.72. The molecule has 222 valence electrons. The average Bonchev–Trinajstić information content (AvgIpc) is 3.53. The predicted molar refractivity (Wildman–Crippen MR) is 151 cm³/mol. The minimum absolute atomic E-state index is 0.0304. The van der Waals surface area contributed by atoms with Gasteiger partial charge in [-0.05, 0) is 63.4 Å². The van der Waals surface area contributed by atoms with E-state index in [9.17, 15) is 23.2 Å². The molecule has 10 nitrogen and oxygen atoms in total. The third kappa shape index (κ3) is 6.36. The summed E-state index contributed by atoms with van der Waals surface area (Å²) in [5.74, 6) is 5.62. The maximum Gasteiger partial charge on any atom is 0.446 e. The van der Waals surface area contributed by atoms with Crippen LogP contribution in [0, 0.1) is 23.2 Å². The lowest BCUT2D eigenvalue weighted by atomic mass is 9.92. The van der Waals surface area contributed by atoms with E-state index < -0.39 is 11.0 Å². The summed E-state index contributed by atoms with van der Waals surface area (Å²) in [5.41, 5.74) is -4.78. The number of ether oxygens (including phenoxy) is 1. The van der Waals surface area contributed by atoms with E-state index in [4.69, 9.17) is 4.74 Å². The van der Waals surface area contributed by atoms with Gasteiger partial charge in [0.25, 0.3) is 5.91 Å². The minimum atomic E-state index is -4.54. The van der Waals surface area contributed by atoms with Gasteiger partial charge in [-0.3, -0.25) is 14.4 Å². The Bertz CT molecular complexity index is 1560. The number of carbonyl (C=O) groups excluding carboxylic acids is 1. The summed E-state index contributed by atoms with van der Waals surface area (Å²) in [6, 6.07) is 7.45. The number of likely N-dealkylation sites (tertiary alicyclic amines) is 1. The Morgan fingerprint density at radius 3 is 2.57 bits per heavy atom. The highest BCUT2D eigenvalue weighted by atomic mass is 32.2. The second-order valence-corrected chi connectivity index (χ2v) is 12.4. The maximum absolute atomic E-state index is 13.5. The summed E-state index contributed by atoms with van der Waals surface area (Å²) >= 11 is -0.262. The quantitative estimate of drug-likeness (QED) is 0.324. The van der Waals surface area contributed by atoms with Crippen molar-refractivity contribution in [2.24, 2.45) is 0 Å². The van der Waals surface area contributed by atoms with Crippen molar-refractivity contribution in [1.82, 2.24) is 29.6 Å². The first-order valence-electron chi connectivity index (χ1n) is 13.5. The lowest BCUT2D eigenvalue weighted by Gasteiger charge is -2.47. The number of alkyl halides is 3. The number of rotatable bonds is 6. The van der Waals surface area contributed by atoms with Crippen LogP contribution in [0.25, 0.3) is 5.52 Å². The number of nitriles is 1. The molecule has 2 aliphatic rings. The molecule has 0 aliphatic carbocycles. The fourth-order valence-electron chi connectivity index (χ4n) is 4.89. The molecule has 2 saturated heterocycles. The first-order chi connectivity index (χ1) is 19.9. The number of anilines is 1. The van der Waals surface area contributed by atoms with E-state index in [0.717, 1.165) is 12.8 Å². The van der Waals surface area contributed by atoms with Crippen LogP contribution in [-0.4, -0.2) is 80.1 Å². The Kier molecular flexibility index (Phi) is 8.16. The van der Waals surface area contributed by atoms with Crippen LogP contribution in [0.1, 0.15) is 49.7 Å². The van der Waals surface area contributed by atoms with Crippen molar-refractivity contribution in [3.8, 4) is 17.9 Å². The van der Waals surface area contributed by atoms with Gasteiger partial charge in [0, 0.05) is 25.3 Å². The number of nitrogens with one attached hydrogen (secondary N) is 2. The van der Waals surface area contributed by atoms with Crippen LogP contribution >= 0.6 is 11.8 Å². The number of piperidine rings is 1. The van der Waals surface area contributed by atoms with Crippen LogP contribution in [0.5, 0.6) is 0 Å². The number of thioether (sulfide) groups is 1. The summed E-state index contributed by atoms with van der Waals surface area (Å²) in [6.07, 6.45) is 4.60. The molecule has 0 aromatic carbocycles. The topological polar surface area (TPSA) is 113 Å². The van der Waals surface area contributed by atoms with Crippen molar-refractivity contribution in [1.29, 1.82) is 5.26 Å². The molecule has 14 heteroatoms. The van der Waals surface area contributed by atoms with Gasteiger partial charge in [-0.1, -0.05) is 12.0 Å². The van der Waals surface area contributed by atoms with Crippen molar-refractivity contribution in [3.05, 3.63) is 41.9 Å². The van der Waals surface area contributed by atoms with Gasteiger partial charge in [0.2, 0.25) is 0 Å². The van der Waals surface area contributed by atoms with Crippen LogP contribution in [0.4, 0.5) is 19.0 Å². The molecular weight excluding hydrogens is 569 g/mol. The van der Waals surface area contributed by atoms with Crippen LogP contribution < -0.4 is 10.6 Å². The van der Waals surface area contributed by atoms with Crippen LogP contribution in [0.2, 0.25) is 0 Å². The van der Waals surface area contributed by atoms with Crippen LogP contribution in [-0.2, 0) is 10.3 Å². The normalized spacial score (nSPS) is 17.6. The molecule has 42 heavy (non-hydrogen) atoms. The van der Waals surface area contributed by atoms with Crippen molar-refractivity contribution < 1.29 is 22.7 Å². The lowest BCUT2D eigenvalue weighted by molar-refractivity contribution is -0.113. The Morgan fingerprint density at radius 2 is 1.98 bits per heavy atom. The van der Waals surface area contributed by atoms with E-state index in [-0.39, 0.29) is 51.9 Å². The van der Waals surface area contributed by atoms with Crippen molar-refractivity contribution in [2.75, 3.05) is 38.2 Å². The van der Waals surface area contributed by atoms with Crippen LogP contribution in [0.3, 0.4) is 0 Å². The summed E-state index contributed by atoms with van der Waals surface area (Å²) in [6.45, 7) is 8.02. The second-order valence-electron chi connectivity index (χ2n) is 11.3. The lowest BCUT2D eigenvalue weighted by Crippen LogP contribution is -2.63. The van der Waals surface area contributed by atoms with Gasteiger partial charge in [-0.15, -0.1) is 0 Å². The third-order valence-electron chi connectivity index (χ3n) is 7.25. The highest BCUT2D eigenvalue weighted by Gasteiger charge is 2.45. The molecule has 2 fully saturated rings. The number of carbonyl (C=O) groups is 1. The van der Waals surface area contributed by atoms with Crippen molar-refractivity contribution >= 4 is 29.0 Å². The molecule has 0 spiro atoms. The van der Waals surface area contributed by atoms with Crippen molar-refractivity contribution in [2.45, 2.75) is 61.1 Å². The molecule has 0 saturated carbocycles. The largest absolute Gasteiger partial charge is 0.446 e. The van der Waals surface area contributed by atoms with Crippen molar-refractivity contribution in [3.63, 3.8) is 0 Å². The van der Waals surface area contributed by atoms with Gasteiger partial charge in [0.05, 0.1) is 53.5 Å². The van der Waals surface area contributed by atoms with Gasteiger partial charge in [0.15, 0.2) is 5.54 Å². The van der Waals surface area contributed by atoms with E-state index in [1.807, 2.05) is 20.8 Å². The van der Waals surface area contributed by atoms with E-state index >= 15 is 0 Å². The Balaban J connectivity index is 1.31. The van der Waals surface area contributed by atoms with Gasteiger partial charge in [-0.25, -0.2) is 4.52 Å². The van der Waals surface area contributed by atoms with E-state index in [2.05, 4.69) is 43.6 Å². The molecule has 3 aromatic rings. The standard InChI is InChI=1S/C28H31F3N8O2S/c1-26(2,3)38-15-19(14-34-38)25(40)33-11-5-6-21-24(42-28(29,30)31)22-7-4-8-23(39(22)36-21)35-20-9-12-37(13-10-20)27(16-32)17-41-18-27/h4,7-8,14-15,20,35H,9-13,17-18H2,1-3H3,(H,33,40). The maximum atomic E-state index is 13.5. The summed E-state index contributed by atoms with van der Waals surface area (Å²) in [4.78, 5) is 14.5. The van der Waals surface area contributed by atoms with Gasteiger partial charge in [0.1, 0.15) is 11.5 Å². The van der Waals surface area contributed by atoms with E-state index in [0.29, 0.717) is 37.7 Å². The number of halogens is 3. The highest BCUT2D eigenvalue weighted by molar-refractivity contribution is 8.00. The molecule has 0 bridgehead atoms. The fraction of sp³-hybridized carbons (Fsp3) is 0.500. The SMILES string of the molecule is CC(C)(C)n1cc(C(=O)NCC#Cc2nn3c(NC4CCN(C5(C#N)COC5)CC4)cccc3c2SC(F)(F)F)cn1. The molecule has 0 radical (unpaired) electrons. The zero-order valence-corrected chi connectivity index (χ0v) is 24.3. The molecule has 2 aliphatic heterocycles. The molecule has 5 heterocycles. The number of pyridine rings is 1. The smallest absolute Gasteiger partial charge is 0.375 e. The van der Waals surface area contributed by atoms with Gasteiger partial charge in [-0.2, -0.15) is 28.6 Å². The minimum Gasteiger partial charge on any atom is -0.375 e. The van der Waals surface area contributed by atoms with Gasteiger partial charge < -0.3 is 15.4 Å². The zero-order valence-electron chi connectivity index (χ0n) is 23.5. The zero-order chi connectivity index (χ0) is 30.1. The molecular formula is C28H31F3N8O2S. The summed E-state index contributed by atoms with van der Waals surface area (Å²) < 4.78 is 49.0. The average molecular weight is 601 g/mol. The second kappa shape index (κ2) is 11.5. The monoisotopic (exact) mass is 600 g/mol. The summed E-state index contributed by atoms with van der Waals surface area (Å²) in [7, 11) is 0. The van der Waals surface area contributed by atoms with E-state index in [1.165, 1.54) is 10.7 Å². The number of hydrogen-bond donors (Lipinski definition) is 2. The fourth-order valence-corrected chi connectivity index (χ4v) is 5.57. The molecule has 5 rings (SSSR count). The highest BCUT2D eigenvalue weighted by Crippen LogP contribution is 2.41. The summed E-state index contributed by atoms with van der Waals surface area (Å²) in [5, 5.41) is 24.3. The number of nitrogens with zero attached hydrogens (tertiary/aromatic N) is 6. The Labute approximate surface area is 245 Å². The molecule has 2 N–H and O–H groups in total. The van der Waals surface area contributed by atoms with Gasteiger partial charge >= 0.3 is 5.51 Å². The number of fused-ring (bicyclic) bond motifs is 1. The molecule has 3 aromatic heterocycles. The first kappa shape index (κ1) is 29.8. The Morgan fingerprint density at radius 1 is 1.24 bits per heavy atom. The number of aromatic nitrogens is 4. The molecule has 1 amide bonds. The number of hydrogen-bond acceptors (Lipinski definition) is 8. The third-order valence-corrected chi connectivity index (χ3v) is 8.09. The molecule has 0 atom stereocenters. The van der Waals surface area contributed by atoms with Crippen LogP contribution in [0.15, 0.2) is 35.5 Å². The predicted octanol–water partition coefficient (Wildman–Crippen LogP) is 3.85. The molecule has 0 unspecified atom stereocenters. The number of amides is 1. The first-order valence-corrected chi connectivity index (χ1v) is 14.3.